The number of hydrogen-bond acceptors (Lipinski definition) is 6. The van der Waals surface area contributed by atoms with Crippen molar-refractivity contribution in [1.29, 1.82) is 0 Å². The maximum Gasteiger partial charge on any atom is 0.338 e. The average Bonchev–Trinajstić information content (AvgIpc) is 2.81. The number of carbonyl (C=O) groups excluding carboxylic acids is 2. The molecule has 0 N–H and O–H groups in total. The van der Waals surface area contributed by atoms with E-state index in [2.05, 4.69) is 0 Å². The Morgan fingerprint density at radius 1 is 0.562 bits per heavy atom. The Hall–Kier alpha value is -3.80. The summed E-state index contributed by atoms with van der Waals surface area (Å²) in [4.78, 5) is 24.3. The number of para-hydroxylation sites is 2. The summed E-state index contributed by atoms with van der Waals surface area (Å²) in [6.45, 7) is 4.66. The highest BCUT2D eigenvalue weighted by atomic mass is 16.6. The third-order valence-corrected chi connectivity index (χ3v) is 4.69. The van der Waals surface area contributed by atoms with Crippen LogP contribution in [0.25, 0.3) is 0 Å². The van der Waals surface area contributed by atoms with Gasteiger partial charge in [0.05, 0.1) is 11.1 Å². The minimum Gasteiger partial charge on any atom is -0.490 e. The summed E-state index contributed by atoms with van der Waals surface area (Å²) >= 11 is 0. The molecule has 32 heavy (non-hydrogen) atoms. The lowest BCUT2D eigenvalue weighted by molar-refractivity contribution is 0.0437. The molecular formula is C26H26O6. The molecular weight excluding hydrogens is 408 g/mol. The molecule has 0 aliphatic carbocycles. The average molecular weight is 434 g/mol. The number of benzene rings is 3. The van der Waals surface area contributed by atoms with Crippen molar-refractivity contribution in [3.63, 3.8) is 0 Å². The summed E-state index contributed by atoms with van der Waals surface area (Å²) in [7, 11) is 0. The first-order chi connectivity index (χ1) is 15.5. The molecule has 0 atom stereocenters. The summed E-state index contributed by atoms with van der Waals surface area (Å²) < 4.78 is 21.7. The number of rotatable bonds is 10. The second-order valence-corrected chi connectivity index (χ2v) is 7.08. The van der Waals surface area contributed by atoms with Gasteiger partial charge in [-0.05, 0) is 61.4 Å². The molecule has 166 valence electrons. The van der Waals surface area contributed by atoms with Crippen LogP contribution in [-0.4, -0.2) is 38.4 Å². The van der Waals surface area contributed by atoms with Crippen molar-refractivity contribution in [2.24, 2.45) is 0 Å². The van der Waals surface area contributed by atoms with Crippen LogP contribution < -0.4 is 9.47 Å². The van der Waals surface area contributed by atoms with Crippen LogP contribution >= 0.6 is 0 Å². The number of esters is 2. The Kier molecular flexibility index (Phi) is 8.26. The van der Waals surface area contributed by atoms with E-state index in [1.54, 1.807) is 0 Å². The van der Waals surface area contributed by atoms with Crippen LogP contribution in [0.5, 0.6) is 11.5 Å². The van der Waals surface area contributed by atoms with Crippen LogP contribution in [0.2, 0.25) is 0 Å². The largest absolute Gasteiger partial charge is 0.490 e. The number of aryl methyl sites for hydroxylation is 2. The van der Waals surface area contributed by atoms with E-state index < -0.39 is 11.9 Å². The van der Waals surface area contributed by atoms with Gasteiger partial charge in [0.25, 0.3) is 0 Å². The first-order valence-corrected chi connectivity index (χ1v) is 10.4. The van der Waals surface area contributed by atoms with E-state index in [0.29, 0.717) is 11.1 Å². The fourth-order valence-electron chi connectivity index (χ4n) is 2.92. The van der Waals surface area contributed by atoms with E-state index in [-0.39, 0.29) is 26.4 Å². The van der Waals surface area contributed by atoms with Crippen LogP contribution in [0.4, 0.5) is 0 Å². The van der Waals surface area contributed by atoms with Crippen molar-refractivity contribution in [1.82, 2.24) is 0 Å². The lowest BCUT2D eigenvalue weighted by Gasteiger charge is -2.10. The van der Waals surface area contributed by atoms with Gasteiger partial charge in [-0.1, -0.05) is 36.4 Å². The minimum atomic E-state index is -0.482. The fourth-order valence-corrected chi connectivity index (χ4v) is 2.92. The van der Waals surface area contributed by atoms with Crippen molar-refractivity contribution >= 4 is 11.9 Å². The zero-order valence-corrected chi connectivity index (χ0v) is 18.2. The topological polar surface area (TPSA) is 71.1 Å². The normalized spacial score (nSPS) is 10.3. The van der Waals surface area contributed by atoms with Crippen molar-refractivity contribution < 1.29 is 28.5 Å². The van der Waals surface area contributed by atoms with Crippen LogP contribution in [0.15, 0.2) is 72.8 Å². The Balaban J connectivity index is 1.38. The molecule has 0 aliphatic rings. The summed E-state index contributed by atoms with van der Waals surface area (Å²) in [6.07, 6.45) is 0. The van der Waals surface area contributed by atoms with Crippen molar-refractivity contribution in [3.8, 4) is 11.5 Å². The molecule has 6 heteroatoms. The predicted octanol–water partition coefficient (Wildman–Crippen LogP) is 4.78. The molecule has 6 nitrogen and oxygen atoms in total. The lowest BCUT2D eigenvalue weighted by atomic mass is 10.1. The third kappa shape index (κ3) is 6.60. The van der Waals surface area contributed by atoms with Crippen LogP contribution in [-0.2, 0) is 9.47 Å². The van der Waals surface area contributed by atoms with E-state index in [1.165, 1.54) is 24.3 Å². The third-order valence-electron chi connectivity index (χ3n) is 4.69. The molecule has 0 amide bonds. The van der Waals surface area contributed by atoms with E-state index in [4.69, 9.17) is 18.9 Å². The van der Waals surface area contributed by atoms with E-state index in [0.717, 1.165) is 22.6 Å². The molecule has 3 aromatic carbocycles. The molecule has 3 rings (SSSR count). The monoisotopic (exact) mass is 434 g/mol. The molecule has 0 saturated heterocycles. The van der Waals surface area contributed by atoms with Gasteiger partial charge in [-0.3, -0.25) is 0 Å². The summed E-state index contributed by atoms with van der Waals surface area (Å²) in [5, 5.41) is 0. The van der Waals surface area contributed by atoms with Gasteiger partial charge in [-0.25, -0.2) is 9.59 Å². The summed E-state index contributed by atoms with van der Waals surface area (Å²) in [5.41, 5.74) is 2.73. The van der Waals surface area contributed by atoms with Gasteiger partial charge >= 0.3 is 11.9 Å². The maximum atomic E-state index is 12.2. The molecule has 0 bridgehead atoms. The smallest absolute Gasteiger partial charge is 0.338 e. The van der Waals surface area contributed by atoms with Gasteiger partial charge in [-0.15, -0.1) is 0 Å². The van der Waals surface area contributed by atoms with Crippen molar-refractivity contribution in [2.45, 2.75) is 13.8 Å². The zero-order valence-electron chi connectivity index (χ0n) is 18.2. The van der Waals surface area contributed by atoms with Gasteiger partial charge in [0.2, 0.25) is 0 Å². The Bertz CT molecular complexity index is 958. The highest BCUT2D eigenvalue weighted by Gasteiger charge is 2.11. The van der Waals surface area contributed by atoms with Crippen molar-refractivity contribution in [2.75, 3.05) is 26.4 Å². The number of carbonyl (C=O) groups is 2. The summed E-state index contributed by atoms with van der Waals surface area (Å²) in [5.74, 6) is 0.557. The molecule has 0 heterocycles. The summed E-state index contributed by atoms with van der Waals surface area (Å²) in [6, 6.07) is 21.4. The van der Waals surface area contributed by atoms with Crippen LogP contribution in [0.1, 0.15) is 31.8 Å². The van der Waals surface area contributed by atoms with Crippen LogP contribution in [0, 0.1) is 13.8 Å². The zero-order chi connectivity index (χ0) is 22.8. The van der Waals surface area contributed by atoms with Gasteiger partial charge in [0.1, 0.15) is 37.9 Å². The van der Waals surface area contributed by atoms with Gasteiger partial charge in [0.15, 0.2) is 0 Å². The SMILES string of the molecule is Cc1ccccc1OCCOC(=O)c1ccc(C(=O)OCCOc2ccccc2C)cc1. The minimum absolute atomic E-state index is 0.123. The standard InChI is InChI=1S/C26H26O6/c1-19-7-3-5-9-23(19)29-15-17-31-25(27)21-11-13-22(14-12-21)26(28)32-18-16-30-24-10-6-4-8-20(24)2/h3-14H,15-18H2,1-2H3. The molecule has 0 aromatic heterocycles. The number of hydrogen-bond donors (Lipinski definition) is 0. The molecule has 0 unspecified atom stereocenters. The molecule has 0 aliphatic heterocycles. The number of ether oxygens (including phenoxy) is 4. The quantitative estimate of drug-likeness (QED) is 0.338. The molecule has 3 aromatic rings. The second kappa shape index (κ2) is 11.6. The Labute approximate surface area is 187 Å². The van der Waals surface area contributed by atoms with Crippen LogP contribution in [0.3, 0.4) is 0 Å². The predicted molar refractivity (Wildman–Crippen MR) is 120 cm³/mol. The van der Waals surface area contributed by atoms with Gasteiger partial charge < -0.3 is 18.9 Å². The molecule has 0 radical (unpaired) electrons. The van der Waals surface area contributed by atoms with E-state index in [9.17, 15) is 9.59 Å². The van der Waals surface area contributed by atoms with Crippen molar-refractivity contribution in [3.05, 3.63) is 95.1 Å². The Morgan fingerprint density at radius 2 is 0.938 bits per heavy atom. The van der Waals surface area contributed by atoms with E-state index in [1.807, 2.05) is 62.4 Å². The molecule has 0 spiro atoms. The molecule has 0 fully saturated rings. The molecule has 0 saturated carbocycles. The Morgan fingerprint density at radius 3 is 1.31 bits per heavy atom. The van der Waals surface area contributed by atoms with Gasteiger partial charge in [0, 0.05) is 0 Å². The van der Waals surface area contributed by atoms with Gasteiger partial charge in [-0.2, -0.15) is 0 Å². The van der Waals surface area contributed by atoms with E-state index >= 15 is 0 Å². The first-order valence-electron chi connectivity index (χ1n) is 10.4. The highest BCUT2D eigenvalue weighted by molar-refractivity contribution is 5.93. The first kappa shape index (κ1) is 22.9. The maximum absolute atomic E-state index is 12.2. The second-order valence-electron chi connectivity index (χ2n) is 7.08. The lowest BCUT2D eigenvalue weighted by Crippen LogP contribution is -2.14. The highest BCUT2D eigenvalue weighted by Crippen LogP contribution is 2.17. The fraction of sp³-hybridized carbons (Fsp3) is 0.231.